The molecule has 0 aliphatic rings. The number of urea groups is 1. The van der Waals surface area contributed by atoms with Crippen LogP contribution in [-0.4, -0.2) is 40.2 Å². The standard InChI is InChI=1S/C17H20N4O3S/c1-4-21(10-12(3)22)17(23)20-16-19-9-15(25-16)24-14-6-11(2)5-13(7-14)8-18/h5-7,9,12,22H,4,10H2,1-3H3,(H,19,20,23)/t12-/m0/s1. The first kappa shape index (κ1) is 18.7. The minimum atomic E-state index is -0.600. The van der Waals surface area contributed by atoms with Crippen LogP contribution in [0.3, 0.4) is 0 Å². The van der Waals surface area contributed by atoms with Crippen molar-refractivity contribution in [2.45, 2.75) is 26.9 Å². The second-order valence-corrected chi connectivity index (χ2v) is 6.54. The highest BCUT2D eigenvalue weighted by Crippen LogP contribution is 2.31. The molecule has 0 radical (unpaired) electrons. The molecule has 0 saturated heterocycles. The smallest absolute Gasteiger partial charge is 0.323 e. The largest absolute Gasteiger partial charge is 0.445 e. The Kier molecular flexibility index (Phi) is 6.33. The van der Waals surface area contributed by atoms with Crippen molar-refractivity contribution in [3.05, 3.63) is 35.5 Å². The van der Waals surface area contributed by atoms with Crippen molar-refractivity contribution in [3.63, 3.8) is 0 Å². The lowest BCUT2D eigenvalue weighted by atomic mass is 10.1. The number of aliphatic hydroxyl groups is 1. The predicted octanol–water partition coefficient (Wildman–Crippen LogP) is 3.35. The maximum atomic E-state index is 12.2. The number of aromatic nitrogens is 1. The van der Waals surface area contributed by atoms with E-state index in [0.717, 1.165) is 5.56 Å². The van der Waals surface area contributed by atoms with Crippen molar-refractivity contribution in [2.24, 2.45) is 0 Å². The van der Waals surface area contributed by atoms with Crippen LogP contribution in [0.1, 0.15) is 25.0 Å². The van der Waals surface area contributed by atoms with Crippen LogP contribution in [0, 0.1) is 18.3 Å². The Morgan fingerprint density at radius 2 is 2.28 bits per heavy atom. The van der Waals surface area contributed by atoms with Crippen molar-refractivity contribution in [2.75, 3.05) is 18.4 Å². The topological polar surface area (TPSA) is 98.5 Å². The lowest BCUT2D eigenvalue weighted by molar-refractivity contribution is 0.141. The summed E-state index contributed by atoms with van der Waals surface area (Å²) in [5.74, 6) is 0.544. The minimum absolute atomic E-state index is 0.247. The van der Waals surface area contributed by atoms with Gasteiger partial charge in [0.1, 0.15) is 5.75 Å². The zero-order chi connectivity index (χ0) is 18.4. The molecule has 1 heterocycles. The normalized spacial score (nSPS) is 11.5. The zero-order valence-corrected chi connectivity index (χ0v) is 15.1. The van der Waals surface area contributed by atoms with E-state index in [1.165, 1.54) is 22.4 Å². The van der Waals surface area contributed by atoms with Gasteiger partial charge in [-0.05, 0) is 44.5 Å². The second-order valence-electron chi connectivity index (χ2n) is 5.55. The van der Waals surface area contributed by atoms with Crippen LogP contribution in [0.4, 0.5) is 9.93 Å². The summed E-state index contributed by atoms with van der Waals surface area (Å²) in [4.78, 5) is 17.8. The Bertz CT molecular complexity index is 782. The molecule has 25 heavy (non-hydrogen) atoms. The highest BCUT2D eigenvalue weighted by molar-refractivity contribution is 7.17. The van der Waals surface area contributed by atoms with E-state index in [9.17, 15) is 9.90 Å². The van der Waals surface area contributed by atoms with Gasteiger partial charge in [-0.25, -0.2) is 9.78 Å². The van der Waals surface area contributed by atoms with Crippen molar-refractivity contribution >= 4 is 22.5 Å². The van der Waals surface area contributed by atoms with E-state index in [2.05, 4.69) is 16.4 Å². The van der Waals surface area contributed by atoms with E-state index in [1.807, 2.05) is 19.9 Å². The third kappa shape index (κ3) is 5.45. The molecule has 1 aromatic heterocycles. The Morgan fingerprint density at radius 3 is 2.92 bits per heavy atom. The Morgan fingerprint density at radius 1 is 1.52 bits per heavy atom. The predicted molar refractivity (Wildman–Crippen MR) is 96.0 cm³/mol. The number of nitrogens with zero attached hydrogens (tertiary/aromatic N) is 3. The maximum Gasteiger partial charge on any atom is 0.323 e. The molecule has 0 unspecified atom stereocenters. The molecule has 132 valence electrons. The molecule has 1 aromatic carbocycles. The maximum absolute atomic E-state index is 12.2. The molecule has 1 atom stereocenters. The molecule has 2 aromatic rings. The van der Waals surface area contributed by atoms with Crippen molar-refractivity contribution < 1.29 is 14.6 Å². The summed E-state index contributed by atoms with van der Waals surface area (Å²) < 4.78 is 5.72. The van der Waals surface area contributed by atoms with Gasteiger partial charge in [-0.3, -0.25) is 5.32 Å². The van der Waals surface area contributed by atoms with Crippen LogP contribution in [-0.2, 0) is 0 Å². The van der Waals surface area contributed by atoms with Crippen LogP contribution < -0.4 is 10.1 Å². The molecule has 2 N–H and O–H groups in total. The first-order valence-electron chi connectivity index (χ1n) is 7.80. The highest BCUT2D eigenvalue weighted by atomic mass is 32.1. The van der Waals surface area contributed by atoms with Crippen LogP contribution in [0.2, 0.25) is 0 Å². The Hall–Kier alpha value is -2.63. The zero-order valence-electron chi connectivity index (χ0n) is 14.3. The van der Waals surface area contributed by atoms with E-state index in [4.69, 9.17) is 10.00 Å². The van der Waals surface area contributed by atoms with Gasteiger partial charge in [0.15, 0.2) is 5.13 Å². The average Bonchev–Trinajstić information content (AvgIpc) is 2.98. The number of rotatable bonds is 6. The lowest BCUT2D eigenvalue weighted by Crippen LogP contribution is -2.39. The fourth-order valence-corrected chi connectivity index (χ4v) is 2.87. The summed E-state index contributed by atoms with van der Waals surface area (Å²) >= 11 is 1.18. The van der Waals surface area contributed by atoms with Gasteiger partial charge in [0.2, 0.25) is 5.06 Å². The van der Waals surface area contributed by atoms with Gasteiger partial charge in [-0.1, -0.05) is 11.3 Å². The van der Waals surface area contributed by atoms with Gasteiger partial charge in [-0.2, -0.15) is 5.26 Å². The SMILES string of the molecule is CCN(C[C@H](C)O)C(=O)Nc1ncc(Oc2cc(C)cc(C#N)c2)s1. The molecule has 2 rings (SSSR count). The van der Waals surface area contributed by atoms with Gasteiger partial charge in [0, 0.05) is 13.1 Å². The number of ether oxygens (including phenoxy) is 1. The number of hydrogen-bond acceptors (Lipinski definition) is 6. The number of amides is 2. The third-order valence-corrected chi connectivity index (χ3v) is 4.04. The Labute approximate surface area is 150 Å². The third-order valence-electron chi connectivity index (χ3n) is 3.25. The monoisotopic (exact) mass is 360 g/mol. The number of benzene rings is 1. The fraction of sp³-hybridized carbons (Fsp3) is 0.353. The van der Waals surface area contributed by atoms with Crippen LogP contribution in [0.5, 0.6) is 10.8 Å². The average molecular weight is 360 g/mol. The quantitative estimate of drug-likeness (QED) is 0.823. The second kappa shape index (κ2) is 8.46. The van der Waals surface area contributed by atoms with E-state index in [0.29, 0.717) is 28.1 Å². The number of thiazole rings is 1. The summed E-state index contributed by atoms with van der Waals surface area (Å²) in [5.41, 5.74) is 1.44. The highest BCUT2D eigenvalue weighted by Gasteiger charge is 2.15. The minimum Gasteiger partial charge on any atom is -0.445 e. The first-order chi connectivity index (χ1) is 11.9. The van der Waals surface area contributed by atoms with E-state index in [1.54, 1.807) is 19.1 Å². The number of carbonyl (C=O) groups is 1. The molecule has 2 amide bonds. The molecule has 0 aliphatic carbocycles. The van der Waals surface area contributed by atoms with Gasteiger partial charge in [0.25, 0.3) is 0 Å². The molecule has 8 heteroatoms. The van der Waals surface area contributed by atoms with E-state index < -0.39 is 6.10 Å². The molecule has 0 saturated carbocycles. The number of likely N-dealkylation sites (N-methyl/N-ethyl adjacent to an activating group) is 1. The number of nitrogens with one attached hydrogen (secondary N) is 1. The molecule has 0 fully saturated rings. The number of carbonyl (C=O) groups excluding carboxylic acids is 1. The summed E-state index contributed by atoms with van der Waals surface area (Å²) in [6.07, 6.45) is 0.913. The van der Waals surface area contributed by atoms with Crippen molar-refractivity contribution in [1.82, 2.24) is 9.88 Å². The van der Waals surface area contributed by atoms with Gasteiger partial charge in [0.05, 0.1) is 23.9 Å². The van der Waals surface area contributed by atoms with E-state index >= 15 is 0 Å². The molecule has 0 spiro atoms. The molecular weight excluding hydrogens is 340 g/mol. The molecule has 7 nitrogen and oxygen atoms in total. The molecule has 0 bridgehead atoms. The summed E-state index contributed by atoms with van der Waals surface area (Å²) in [7, 11) is 0. The lowest BCUT2D eigenvalue weighted by Gasteiger charge is -2.21. The molecular formula is C17H20N4O3S. The van der Waals surface area contributed by atoms with Gasteiger partial charge < -0.3 is 14.7 Å². The van der Waals surface area contributed by atoms with Gasteiger partial charge >= 0.3 is 6.03 Å². The van der Waals surface area contributed by atoms with Crippen molar-refractivity contribution in [3.8, 4) is 16.9 Å². The van der Waals surface area contributed by atoms with Gasteiger partial charge in [-0.15, -0.1) is 0 Å². The molecule has 0 aliphatic heterocycles. The Balaban J connectivity index is 2.04. The van der Waals surface area contributed by atoms with Crippen molar-refractivity contribution in [1.29, 1.82) is 5.26 Å². The van der Waals surface area contributed by atoms with Crippen LogP contribution in [0.15, 0.2) is 24.4 Å². The number of anilines is 1. The first-order valence-corrected chi connectivity index (χ1v) is 8.62. The summed E-state index contributed by atoms with van der Waals surface area (Å²) in [6, 6.07) is 6.99. The number of aliphatic hydroxyl groups excluding tert-OH is 1. The summed E-state index contributed by atoms with van der Waals surface area (Å²) in [6.45, 7) is 6.07. The fourth-order valence-electron chi connectivity index (χ4n) is 2.20. The van der Waals surface area contributed by atoms with Crippen LogP contribution >= 0.6 is 11.3 Å². The van der Waals surface area contributed by atoms with Crippen LogP contribution in [0.25, 0.3) is 0 Å². The number of hydrogen-bond donors (Lipinski definition) is 2. The summed E-state index contributed by atoms with van der Waals surface area (Å²) in [5, 5.41) is 22.0. The van der Waals surface area contributed by atoms with E-state index in [-0.39, 0.29) is 12.6 Å². The number of nitriles is 1. The number of aryl methyl sites for hydroxylation is 1.